The van der Waals surface area contributed by atoms with Gasteiger partial charge in [0.05, 0.1) is 5.56 Å². The van der Waals surface area contributed by atoms with Crippen molar-refractivity contribution >= 4 is 23.5 Å². The van der Waals surface area contributed by atoms with Crippen LogP contribution in [-0.4, -0.2) is 18.0 Å². The number of primary amides is 1. The Hall–Kier alpha value is -1.62. The maximum absolute atomic E-state index is 13.2. The van der Waals surface area contributed by atoms with E-state index in [4.69, 9.17) is 17.3 Å². The molecule has 86 valence electrons. The second-order valence-corrected chi connectivity index (χ2v) is 3.51. The Bertz CT molecular complexity index is 436. The Morgan fingerprint density at radius 1 is 1.50 bits per heavy atom. The van der Waals surface area contributed by atoms with Crippen LogP contribution in [0.15, 0.2) is 18.2 Å². The fourth-order valence-electron chi connectivity index (χ4n) is 0.936. The number of rotatable bonds is 3. The summed E-state index contributed by atoms with van der Waals surface area (Å²) in [5.41, 5.74) is 4.56. The number of esters is 1. The van der Waals surface area contributed by atoms with Crippen LogP contribution >= 0.6 is 11.6 Å². The zero-order chi connectivity index (χ0) is 12.3. The average Bonchev–Trinajstić information content (AvgIpc) is 2.21. The highest BCUT2D eigenvalue weighted by Crippen LogP contribution is 2.16. The smallest absolute Gasteiger partial charge is 0.341 e. The molecule has 0 saturated heterocycles. The van der Waals surface area contributed by atoms with Crippen molar-refractivity contribution in [3.05, 3.63) is 34.6 Å². The molecular formula is C10H9ClFNO3. The minimum absolute atomic E-state index is 0.195. The normalized spacial score (nSPS) is 11.9. The second-order valence-electron chi connectivity index (χ2n) is 3.07. The third kappa shape index (κ3) is 2.93. The Kier molecular flexibility index (Phi) is 3.84. The molecule has 0 aromatic heterocycles. The summed E-state index contributed by atoms with van der Waals surface area (Å²) in [6.07, 6.45) is -1.12. The molecule has 0 spiro atoms. The number of ether oxygens (including phenoxy) is 1. The highest BCUT2D eigenvalue weighted by molar-refractivity contribution is 6.30. The van der Waals surface area contributed by atoms with Gasteiger partial charge in [-0.15, -0.1) is 0 Å². The number of benzene rings is 1. The number of hydrogen-bond acceptors (Lipinski definition) is 3. The van der Waals surface area contributed by atoms with E-state index in [1.807, 2.05) is 0 Å². The van der Waals surface area contributed by atoms with E-state index < -0.39 is 23.8 Å². The van der Waals surface area contributed by atoms with Crippen molar-refractivity contribution in [3.63, 3.8) is 0 Å². The summed E-state index contributed by atoms with van der Waals surface area (Å²) in [5.74, 6) is -2.56. The number of nitrogens with two attached hydrogens (primary N) is 1. The summed E-state index contributed by atoms with van der Waals surface area (Å²) >= 11 is 5.59. The minimum atomic E-state index is -1.12. The van der Waals surface area contributed by atoms with Gasteiger partial charge in [-0.25, -0.2) is 9.18 Å². The molecule has 0 bridgehead atoms. The number of halogens is 2. The van der Waals surface area contributed by atoms with Gasteiger partial charge in [0.25, 0.3) is 5.91 Å². The van der Waals surface area contributed by atoms with Gasteiger partial charge < -0.3 is 10.5 Å². The van der Waals surface area contributed by atoms with Crippen LogP contribution in [-0.2, 0) is 9.53 Å². The topological polar surface area (TPSA) is 69.4 Å². The summed E-state index contributed by atoms with van der Waals surface area (Å²) < 4.78 is 17.8. The van der Waals surface area contributed by atoms with Crippen LogP contribution in [0.5, 0.6) is 0 Å². The first-order valence-corrected chi connectivity index (χ1v) is 4.75. The molecule has 1 aromatic rings. The summed E-state index contributed by atoms with van der Waals surface area (Å²) in [6.45, 7) is 1.29. The van der Waals surface area contributed by atoms with E-state index in [-0.39, 0.29) is 10.6 Å². The van der Waals surface area contributed by atoms with Crippen molar-refractivity contribution in [2.45, 2.75) is 13.0 Å². The van der Waals surface area contributed by atoms with E-state index in [2.05, 4.69) is 4.74 Å². The van der Waals surface area contributed by atoms with Crippen molar-refractivity contribution in [1.29, 1.82) is 0 Å². The Morgan fingerprint density at radius 2 is 2.12 bits per heavy atom. The molecule has 0 aliphatic rings. The predicted molar refractivity (Wildman–Crippen MR) is 55.5 cm³/mol. The molecule has 0 saturated carbocycles. The molecule has 1 amide bonds. The van der Waals surface area contributed by atoms with Crippen LogP contribution in [0.25, 0.3) is 0 Å². The summed E-state index contributed by atoms with van der Waals surface area (Å²) in [4.78, 5) is 22.0. The highest BCUT2D eigenvalue weighted by atomic mass is 35.5. The molecule has 0 fully saturated rings. The molecule has 0 aliphatic heterocycles. The van der Waals surface area contributed by atoms with E-state index in [0.29, 0.717) is 0 Å². The van der Waals surface area contributed by atoms with Gasteiger partial charge in [0.15, 0.2) is 6.10 Å². The lowest BCUT2D eigenvalue weighted by molar-refractivity contribution is -0.125. The van der Waals surface area contributed by atoms with Crippen LogP contribution in [0.2, 0.25) is 5.02 Å². The van der Waals surface area contributed by atoms with Gasteiger partial charge >= 0.3 is 5.97 Å². The average molecular weight is 246 g/mol. The van der Waals surface area contributed by atoms with Crippen LogP contribution in [0, 0.1) is 5.82 Å². The quantitative estimate of drug-likeness (QED) is 0.821. The first-order valence-electron chi connectivity index (χ1n) is 4.37. The van der Waals surface area contributed by atoms with Gasteiger partial charge in [-0.3, -0.25) is 4.79 Å². The number of carbonyl (C=O) groups is 2. The van der Waals surface area contributed by atoms with Crippen molar-refractivity contribution in [1.82, 2.24) is 0 Å². The number of carbonyl (C=O) groups excluding carboxylic acids is 2. The van der Waals surface area contributed by atoms with Gasteiger partial charge in [-0.05, 0) is 25.1 Å². The van der Waals surface area contributed by atoms with Gasteiger partial charge in [-0.2, -0.15) is 0 Å². The van der Waals surface area contributed by atoms with Crippen LogP contribution in [0.4, 0.5) is 4.39 Å². The van der Waals surface area contributed by atoms with Gasteiger partial charge in [0.1, 0.15) is 5.82 Å². The molecule has 4 nitrogen and oxygen atoms in total. The third-order valence-electron chi connectivity index (χ3n) is 1.83. The molecule has 2 N–H and O–H groups in total. The first-order chi connectivity index (χ1) is 7.41. The van der Waals surface area contributed by atoms with Crippen molar-refractivity contribution in [2.75, 3.05) is 0 Å². The molecular weight excluding hydrogens is 237 g/mol. The fourth-order valence-corrected chi connectivity index (χ4v) is 1.11. The first kappa shape index (κ1) is 12.4. The molecule has 1 rings (SSSR count). The maximum atomic E-state index is 13.2. The summed E-state index contributed by atoms with van der Waals surface area (Å²) in [7, 11) is 0. The third-order valence-corrected chi connectivity index (χ3v) is 2.07. The molecule has 0 radical (unpaired) electrons. The molecule has 16 heavy (non-hydrogen) atoms. The SMILES string of the molecule is C[C@H](OC(=O)c1cc(Cl)ccc1F)C(N)=O. The van der Waals surface area contributed by atoms with Gasteiger partial charge in [-0.1, -0.05) is 11.6 Å². The standard InChI is InChI=1S/C10H9ClFNO3/c1-5(9(13)14)16-10(15)7-4-6(11)2-3-8(7)12/h2-5H,1H3,(H2,13,14)/t5-/m0/s1. The summed E-state index contributed by atoms with van der Waals surface area (Å²) in [6, 6.07) is 3.45. The molecule has 0 aliphatic carbocycles. The molecule has 6 heteroatoms. The van der Waals surface area contributed by atoms with Crippen LogP contribution in [0.1, 0.15) is 17.3 Å². The lowest BCUT2D eigenvalue weighted by Crippen LogP contribution is -2.30. The van der Waals surface area contributed by atoms with E-state index in [9.17, 15) is 14.0 Å². The molecule has 0 heterocycles. The van der Waals surface area contributed by atoms with Crippen molar-refractivity contribution < 1.29 is 18.7 Å². The van der Waals surface area contributed by atoms with Gasteiger partial charge in [0.2, 0.25) is 0 Å². The maximum Gasteiger partial charge on any atom is 0.341 e. The monoisotopic (exact) mass is 245 g/mol. The second kappa shape index (κ2) is 4.94. The Morgan fingerprint density at radius 3 is 2.69 bits per heavy atom. The largest absolute Gasteiger partial charge is 0.449 e. The highest BCUT2D eigenvalue weighted by Gasteiger charge is 2.19. The van der Waals surface area contributed by atoms with Crippen molar-refractivity contribution in [2.24, 2.45) is 5.73 Å². The number of amides is 1. The molecule has 1 atom stereocenters. The zero-order valence-electron chi connectivity index (χ0n) is 8.37. The minimum Gasteiger partial charge on any atom is -0.449 e. The fraction of sp³-hybridized carbons (Fsp3) is 0.200. The van der Waals surface area contributed by atoms with E-state index >= 15 is 0 Å². The van der Waals surface area contributed by atoms with Crippen LogP contribution in [0.3, 0.4) is 0 Å². The Balaban J connectivity index is 2.88. The number of hydrogen-bond donors (Lipinski definition) is 1. The van der Waals surface area contributed by atoms with E-state index in [0.717, 1.165) is 12.1 Å². The zero-order valence-corrected chi connectivity index (χ0v) is 9.12. The van der Waals surface area contributed by atoms with Gasteiger partial charge in [0, 0.05) is 5.02 Å². The molecule has 0 unspecified atom stereocenters. The van der Waals surface area contributed by atoms with Crippen molar-refractivity contribution in [3.8, 4) is 0 Å². The van der Waals surface area contributed by atoms with E-state index in [1.165, 1.54) is 13.0 Å². The lowest BCUT2D eigenvalue weighted by Gasteiger charge is -2.09. The molecule has 1 aromatic carbocycles. The van der Waals surface area contributed by atoms with E-state index in [1.54, 1.807) is 0 Å². The lowest BCUT2D eigenvalue weighted by atomic mass is 10.2. The summed E-state index contributed by atoms with van der Waals surface area (Å²) in [5, 5.41) is 0.195. The Labute approximate surface area is 96.1 Å². The predicted octanol–water partition coefficient (Wildman–Crippen LogP) is 1.51. The van der Waals surface area contributed by atoms with Crippen LogP contribution < -0.4 is 5.73 Å².